The second-order valence-electron chi connectivity index (χ2n) is 5.52. The molecular weight excluding hydrogens is 320 g/mol. The SMILES string of the molecule is Cc1cc(C)c(CNC(=O)NCCNc2ccc(C#N)cn2)c(=O)[nH]1. The predicted octanol–water partition coefficient (Wildman–Crippen LogP) is 1.17. The van der Waals surface area contributed by atoms with Gasteiger partial charge in [-0.05, 0) is 37.6 Å². The van der Waals surface area contributed by atoms with Gasteiger partial charge in [-0.3, -0.25) is 4.79 Å². The monoisotopic (exact) mass is 340 g/mol. The molecule has 0 aliphatic rings. The summed E-state index contributed by atoms with van der Waals surface area (Å²) in [5.41, 5.74) is 2.48. The van der Waals surface area contributed by atoms with Crippen LogP contribution in [0.4, 0.5) is 10.6 Å². The van der Waals surface area contributed by atoms with E-state index in [2.05, 4.69) is 25.9 Å². The Hall–Kier alpha value is -3.34. The molecule has 0 fully saturated rings. The Morgan fingerprint density at radius 1 is 1.28 bits per heavy atom. The van der Waals surface area contributed by atoms with Crippen LogP contribution >= 0.6 is 0 Å². The molecule has 0 bridgehead atoms. The number of nitrogens with one attached hydrogen (secondary N) is 4. The molecule has 0 atom stereocenters. The van der Waals surface area contributed by atoms with Gasteiger partial charge in [0.2, 0.25) is 0 Å². The summed E-state index contributed by atoms with van der Waals surface area (Å²) in [7, 11) is 0. The van der Waals surface area contributed by atoms with E-state index in [0.717, 1.165) is 11.3 Å². The summed E-state index contributed by atoms with van der Waals surface area (Å²) in [4.78, 5) is 30.4. The van der Waals surface area contributed by atoms with E-state index in [-0.39, 0.29) is 18.1 Å². The molecule has 0 saturated carbocycles. The van der Waals surface area contributed by atoms with Crippen LogP contribution in [0.5, 0.6) is 0 Å². The summed E-state index contributed by atoms with van der Waals surface area (Å²) in [5.74, 6) is 0.628. The van der Waals surface area contributed by atoms with Gasteiger partial charge in [-0.1, -0.05) is 0 Å². The molecule has 2 aromatic heterocycles. The second kappa shape index (κ2) is 8.49. The number of rotatable bonds is 6. The number of anilines is 1. The van der Waals surface area contributed by atoms with Crippen LogP contribution in [0, 0.1) is 25.2 Å². The van der Waals surface area contributed by atoms with Crippen molar-refractivity contribution in [3.05, 3.63) is 57.1 Å². The van der Waals surface area contributed by atoms with Gasteiger partial charge in [-0.2, -0.15) is 5.26 Å². The van der Waals surface area contributed by atoms with Crippen molar-refractivity contribution in [1.29, 1.82) is 5.26 Å². The first-order valence-corrected chi connectivity index (χ1v) is 7.80. The molecule has 4 N–H and O–H groups in total. The minimum Gasteiger partial charge on any atom is -0.368 e. The van der Waals surface area contributed by atoms with Gasteiger partial charge in [0.1, 0.15) is 11.9 Å². The number of carbonyl (C=O) groups excluding carboxylic acids is 1. The second-order valence-corrected chi connectivity index (χ2v) is 5.52. The lowest BCUT2D eigenvalue weighted by Gasteiger charge is -2.10. The highest BCUT2D eigenvalue weighted by Gasteiger charge is 2.07. The van der Waals surface area contributed by atoms with Gasteiger partial charge >= 0.3 is 6.03 Å². The molecule has 0 saturated heterocycles. The predicted molar refractivity (Wildman–Crippen MR) is 94.2 cm³/mol. The van der Waals surface area contributed by atoms with E-state index in [0.29, 0.717) is 30.0 Å². The molecule has 0 radical (unpaired) electrons. The van der Waals surface area contributed by atoms with Crippen LogP contribution in [0.2, 0.25) is 0 Å². The van der Waals surface area contributed by atoms with Crippen molar-refractivity contribution in [2.24, 2.45) is 0 Å². The van der Waals surface area contributed by atoms with Crippen LogP contribution in [-0.2, 0) is 6.54 Å². The molecule has 2 amide bonds. The number of urea groups is 1. The zero-order chi connectivity index (χ0) is 18.2. The van der Waals surface area contributed by atoms with Crippen molar-refractivity contribution in [2.75, 3.05) is 18.4 Å². The van der Waals surface area contributed by atoms with Gasteiger partial charge in [0, 0.05) is 30.5 Å². The van der Waals surface area contributed by atoms with Crippen molar-refractivity contribution in [2.45, 2.75) is 20.4 Å². The fourth-order valence-electron chi connectivity index (χ4n) is 2.26. The maximum atomic E-state index is 11.9. The van der Waals surface area contributed by atoms with Crippen molar-refractivity contribution in [1.82, 2.24) is 20.6 Å². The maximum Gasteiger partial charge on any atom is 0.315 e. The molecule has 0 aromatic carbocycles. The number of nitriles is 1. The molecule has 0 aliphatic heterocycles. The van der Waals surface area contributed by atoms with Gasteiger partial charge in [-0.25, -0.2) is 9.78 Å². The normalized spacial score (nSPS) is 9.96. The minimum atomic E-state index is -0.353. The highest BCUT2D eigenvalue weighted by Crippen LogP contribution is 2.03. The van der Waals surface area contributed by atoms with E-state index >= 15 is 0 Å². The Morgan fingerprint density at radius 2 is 2.08 bits per heavy atom. The average Bonchev–Trinajstić information content (AvgIpc) is 2.58. The summed E-state index contributed by atoms with van der Waals surface area (Å²) in [6.45, 7) is 4.69. The fraction of sp³-hybridized carbons (Fsp3) is 0.294. The van der Waals surface area contributed by atoms with E-state index in [4.69, 9.17) is 5.26 Å². The van der Waals surface area contributed by atoms with Crippen LogP contribution < -0.4 is 21.5 Å². The molecule has 2 heterocycles. The van der Waals surface area contributed by atoms with Crippen LogP contribution in [0.15, 0.2) is 29.2 Å². The number of carbonyl (C=O) groups is 1. The fourth-order valence-corrected chi connectivity index (χ4v) is 2.26. The molecule has 2 aromatic rings. The Bertz CT molecular complexity index is 836. The zero-order valence-corrected chi connectivity index (χ0v) is 14.1. The van der Waals surface area contributed by atoms with E-state index in [1.165, 1.54) is 6.20 Å². The van der Waals surface area contributed by atoms with Crippen molar-refractivity contribution < 1.29 is 4.79 Å². The smallest absolute Gasteiger partial charge is 0.315 e. The van der Waals surface area contributed by atoms with Gasteiger partial charge in [0.05, 0.1) is 12.1 Å². The number of amides is 2. The van der Waals surface area contributed by atoms with Gasteiger partial charge in [0.15, 0.2) is 0 Å². The molecular formula is C17H20N6O2. The molecule has 8 heteroatoms. The van der Waals surface area contributed by atoms with Gasteiger partial charge < -0.3 is 20.9 Å². The first-order chi connectivity index (χ1) is 12.0. The number of aromatic amines is 1. The number of pyridine rings is 2. The third-order valence-corrected chi connectivity index (χ3v) is 3.53. The molecule has 8 nitrogen and oxygen atoms in total. The Kier molecular flexibility index (Phi) is 6.12. The first kappa shape index (κ1) is 18.0. The summed E-state index contributed by atoms with van der Waals surface area (Å²) in [6, 6.07) is 6.87. The van der Waals surface area contributed by atoms with Crippen molar-refractivity contribution in [3.63, 3.8) is 0 Å². The number of aromatic nitrogens is 2. The van der Waals surface area contributed by atoms with Crippen LogP contribution in [0.3, 0.4) is 0 Å². The van der Waals surface area contributed by atoms with Gasteiger partial charge in [-0.15, -0.1) is 0 Å². The molecule has 0 unspecified atom stereocenters. The summed E-state index contributed by atoms with van der Waals surface area (Å²) in [6.07, 6.45) is 1.48. The van der Waals surface area contributed by atoms with Gasteiger partial charge in [0.25, 0.3) is 5.56 Å². The highest BCUT2D eigenvalue weighted by atomic mass is 16.2. The number of hydrogen-bond donors (Lipinski definition) is 4. The number of aryl methyl sites for hydroxylation is 2. The molecule has 25 heavy (non-hydrogen) atoms. The number of H-pyrrole nitrogens is 1. The molecule has 0 aliphatic carbocycles. The Balaban J connectivity index is 1.72. The van der Waals surface area contributed by atoms with Crippen LogP contribution in [0.1, 0.15) is 22.4 Å². The lowest BCUT2D eigenvalue weighted by Crippen LogP contribution is -2.38. The third-order valence-electron chi connectivity index (χ3n) is 3.53. The zero-order valence-electron chi connectivity index (χ0n) is 14.1. The summed E-state index contributed by atoms with van der Waals surface area (Å²) < 4.78 is 0. The lowest BCUT2D eigenvalue weighted by atomic mass is 10.1. The van der Waals surface area contributed by atoms with E-state index in [1.807, 2.05) is 26.0 Å². The maximum absolute atomic E-state index is 11.9. The standard InChI is InChI=1S/C17H20N6O2/c1-11-7-12(2)23-16(24)14(11)10-22-17(25)20-6-5-19-15-4-3-13(8-18)9-21-15/h3-4,7,9H,5-6,10H2,1-2H3,(H,19,21)(H,23,24)(H2,20,22,25). The van der Waals surface area contributed by atoms with E-state index < -0.39 is 0 Å². The topological polar surface area (TPSA) is 123 Å². The molecule has 2 rings (SSSR count). The highest BCUT2D eigenvalue weighted by molar-refractivity contribution is 5.73. The van der Waals surface area contributed by atoms with Crippen LogP contribution in [-0.4, -0.2) is 29.1 Å². The number of hydrogen-bond acceptors (Lipinski definition) is 5. The Morgan fingerprint density at radius 3 is 2.72 bits per heavy atom. The quantitative estimate of drug-likeness (QED) is 0.588. The van der Waals surface area contributed by atoms with Crippen LogP contribution in [0.25, 0.3) is 0 Å². The Labute approximate surface area is 145 Å². The summed E-state index contributed by atoms with van der Waals surface area (Å²) >= 11 is 0. The first-order valence-electron chi connectivity index (χ1n) is 7.80. The average molecular weight is 340 g/mol. The lowest BCUT2D eigenvalue weighted by molar-refractivity contribution is 0.241. The molecule has 0 spiro atoms. The van der Waals surface area contributed by atoms with E-state index in [1.54, 1.807) is 12.1 Å². The van der Waals surface area contributed by atoms with Crippen molar-refractivity contribution in [3.8, 4) is 6.07 Å². The third kappa shape index (κ3) is 5.35. The number of nitrogens with zero attached hydrogens (tertiary/aromatic N) is 2. The van der Waals surface area contributed by atoms with Crippen molar-refractivity contribution >= 4 is 11.8 Å². The minimum absolute atomic E-state index is 0.165. The molecule has 130 valence electrons. The largest absolute Gasteiger partial charge is 0.368 e. The summed E-state index contributed by atoms with van der Waals surface area (Å²) in [5, 5.41) is 17.1. The van der Waals surface area contributed by atoms with E-state index in [9.17, 15) is 9.59 Å².